The van der Waals surface area contributed by atoms with Gasteiger partial charge in [0.15, 0.2) is 0 Å². The van der Waals surface area contributed by atoms with Gasteiger partial charge in [0, 0.05) is 19.5 Å². The van der Waals surface area contributed by atoms with Crippen molar-refractivity contribution in [3.05, 3.63) is 94.5 Å². The van der Waals surface area contributed by atoms with Crippen LogP contribution in [0.2, 0.25) is 0 Å². The minimum absolute atomic E-state index is 0.112. The molecule has 4 rings (SSSR count). The minimum Gasteiger partial charge on any atom is -0.496 e. The molecule has 36 heavy (non-hydrogen) atoms. The van der Waals surface area contributed by atoms with Crippen molar-refractivity contribution in [2.24, 2.45) is 0 Å². The number of hydrogen-bond donors (Lipinski definition) is 1. The number of carbonyl (C=O) groups excluding carboxylic acids is 1. The second-order valence-corrected chi connectivity index (χ2v) is 11.3. The number of nitrogens with zero attached hydrogens (tertiary/aromatic N) is 1. The third-order valence-corrected chi connectivity index (χ3v) is 8.65. The zero-order chi connectivity index (χ0) is 25.7. The summed E-state index contributed by atoms with van der Waals surface area (Å²) >= 11 is 0. The summed E-state index contributed by atoms with van der Waals surface area (Å²) in [5.74, 6) is 0.468. The van der Waals surface area contributed by atoms with Gasteiger partial charge >= 0.3 is 0 Å². The highest BCUT2D eigenvalue weighted by Gasteiger charge is 2.28. The van der Waals surface area contributed by atoms with Gasteiger partial charge in [-0.05, 0) is 73.6 Å². The van der Waals surface area contributed by atoms with Crippen molar-refractivity contribution in [3.8, 4) is 5.75 Å². The summed E-state index contributed by atoms with van der Waals surface area (Å²) in [4.78, 5) is 13.4. The molecule has 1 aliphatic rings. The largest absolute Gasteiger partial charge is 0.496 e. The second kappa shape index (κ2) is 11.3. The fourth-order valence-corrected chi connectivity index (χ4v) is 6.37. The minimum atomic E-state index is -3.55. The lowest BCUT2D eigenvalue weighted by atomic mass is 9.93. The molecule has 1 aliphatic heterocycles. The van der Waals surface area contributed by atoms with Crippen LogP contribution in [0.5, 0.6) is 5.75 Å². The van der Waals surface area contributed by atoms with E-state index in [0.717, 1.165) is 29.5 Å². The van der Waals surface area contributed by atoms with Crippen molar-refractivity contribution >= 4 is 15.9 Å². The fourth-order valence-electron chi connectivity index (χ4n) is 4.81. The first-order valence-corrected chi connectivity index (χ1v) is 13.8. The maximum Gasteiger partial charge on any atom is 0.243 e. The number of benzene rings is 3. The Morgan fingerprint density at radius 3 is 2.39 bits per heavy atom. The zero-order valence-electron chi connectivity index (χ0n) is 21.2. The summed E-state index contributed by atoms with van der Waals surface area (Å²) in [6.07, 6.45) is 2.33. The molecule has 0 aliphatic carbocycles. The Morgan fingerprint density at radius 1 is 1.00 bits per heavy atom. The van der Waals surface area contributed by atoms with Gasteiger partial charge in [0.25, 0.3) is 0 Å². The Balaban J connectivity index is 1.53. The predicted molar refractivity (Wildman–Crippen MR) is 142 cm³/mol. The van der Waals surface area contributed by atoms with Crippen LogP contribution >= 0.6 is 0 Å². The van der Waals surface area contributed by atoms with E-state index in [-0.39, 0.29) is 23.3 Å². The molecule has 3 aromatic carbocycles. The summed E-state index contributed by atoms with van der Waals surface area (Å²) in [6.45, 7) is 5.21. The Labute approximate surface area is 214 Å². The molecule has 1 fully saturated rings. The van der Waals surface area contributed by atoms with Gasteiger partial charge in [-0.2, -0.15) is 4.31 Å². The van der Waals surface area contributed by atoms with E-state index < -0.39 is 10.0 Å². The van der Waals surface area contributed by atoms with Crippen LogP contribution in [0.25, 0.3) is 0 Å². The van der Waals surface area contributed by atoms with Gasteiger partial charge in [0.1, 0.15) is 5.75 Å². The van der Waals surface area contributed by atoms with Gasteiger partial charge in [-0.1, -0.05) is 54.1 Å². The molecule has 0 radical (unpaired) electrons. The molecular formula is C29H34N2O4S. The zero-order valence-corrected chi connectivity index (χ0v) is 22.0. The quantitative estimate of drug-likeness (QED) is 0.446. The number of amides is 1. The van der Waals surface area contributed by atoms with Crippen molar-refractivity contribution in [1.29, 1.82) is 0 Å². The number of rotatable bonds is 9. The van der Waals surface area contributed by atoms with Gasteiger partial charge in [0.2, 0.25) is 15.9 Å². The lowest BCUT2D eigenvalue weighted by molar-refractivity contribution is -0.121. The lowest BCUT2D eigenvalue weighted by Crippen LogP contribution is -2.30. The third-order valence-electron chi connectivity index (χ3n) is 6.75. The molecule has 1 unspecified atom stereocenters. The van der Waals surface area contributed by atoms with E-state index in [2.05, 4.69) is 37.4 Å². The molecule has 1 saturated heterocycles. The monoisotopic (exact) mass is 506 g/mol. The van der Waals surface area contributed by atoms with E-state index in [4.69, 9.17) is 4.74 Å². The van der Waals surface area contributed by atoms with Crippen LogP contribution in [0.1, 0.15) is 53.1 Å². The Hall–Kier alpha value is -3.16. The third kappa shape index (κ3) is 5.79. The van der Waals surface area contributed by atoms with Gasteiger partial charge in [-0.25, -0.2) is 8.42 Å². The number of sulfonamides is 1. The van der Waals surface area contributed by atoms with Crippen LogP contribution in [-0.2, 0) is 21.2 Å². The van der Waals surface area contributed by atoms with Crippen LogP contribution in [0.15, 0.2) is 71.6 Å². The molecule has 0 aromatic heterocycles. The van der Waals surface area contributed by atoms with Crippen LogP contribution in [-0.4, -0.2) is 38.8 Å². The number of aryl methyl sites for hydroxylation is 3. The molecule has 1 amide bonds. The highest BCUT2D eigenvalue weighted by atomic mass is 32.2. The van der Waals surface area contributed by atoms with E-state index in [1.165, 1.54) is 9.87 Å². The van der Waals surface area contributed by atoms with Crippen molar-refractivity contribution < 1.29 is 17.9 Å². The molecule has 1 atom stereocenters. The maximum absolute atomic E-state index is 13.2. The van der Waals surface area contributed by atoms with Gasteiger partial charge in [0.05, 0.1) is 18.0 Å². The number of hydrogen-bond acceptors (Lipinski definition) is 4. The Kier molecular flexibility index (Phi) is 8.11. The predicted octanol–water partition coefficient (Wildman–Crippen LogP) is 4.93. The normalized spacial score (nSPS) is 15.0. The average Bonchev–Trinajstić information content (AvgIpc) is 3.43. The summed E-state index contributed by atoms with van der Waals surface area (Å²) in [7, 11) is -1.99. The summed E-state index contributed by atoms with van der Waals surface area (Å²) < 4.78 is 33.1. The van der Waals surface area contributed by atoms with Crippen molar-refractivity contribution in [1.82, 2.24) is 9.62 Å². The molecule has 1 N–H and O–H groups in total. The van der Waals surface area contributed by atoms with Crippen LogP contribution in [0.3, 0.4) is 0 Å². The SMILES string of the molecule is COc1ccc(S(=O)(=O)N2CCCC2)cc1CCC(=O)NC(c1ccccc1)c1ccc(C)cc1C. The van der Waals surface area contributed by atoms with E-state index >= 15 is 0 Å². The van der Waals surface area contributed by atoms with Crippen molar-refractivity contribution in [3.63, 3.8) is 0 Å². The van der Waals surface area contributed by atoms with Gasteiger partial charge < -0.3 is 10.1 Å². The molecule has 0 saturated carbocycles. The summed E-state index contributed by atoms with van der Waals surface area (Å²) in [6, 6.07) is 20.8. The number of methoxy groups -OCH3 is 1. The first-order chi connectivity index (χ1) is 17.3. The molecule has 0 spiro atoms. The van der Waals surface area contributed by atoms with Crippen LogP contribution in [0, 0.1) is 13.8 Å². The number of ether oxygens (including phenoxy) is 1. The first-order valence-electron chi connectivity index (χ1n) is 12.4. The lowest BCUT2D eigenvalue weighted by Gasteiger charge is -2.22. The molecule has 1 heterocycles. The summed E-state index contributed by atoms with van der Waals surface area (Å²) in [5.41, 5.74) is 5.05. The van der Waals surface area contributed by atoms with Crippen molar-refractivity contribution in [2.45, 2.75) is 50.5 Å². The highest BCUT2D eigenvalue weighted by Crippen LogP contribution is 2.29. The summed E-state index contributed by atoms with van der Waals surface area (Å²) in [5, 5.41) is 3.20. The first kappa shape index (κ1) is 25.9. The highest BCUT2D eigenvalue weighted by molar-refractivity contribution is 7.89. The standard InChI is InChI=1S/C29H34N2O4S/c1-21-11-14-26(22(2)19-21)29(23-9-5-4-6-10-23)30-28(32)16-12-24-20-25(13-15-27(24)35-3)36(33,34)31-17-7-8-18-31/h4-6,9-11,13-15,19-20,29H,7-8,12,16-18H2,1-3H3,(H,30,32). The second-order valence-electron chi connectivity index (χ2n) is 9.36. The van der Waals surface area contributed by atoms with E-state index in [0.29, 0.717) is 30.8 Å². The molecule has 190 valence electrons. The van der Waals surface area contributed by atoms with Gasteiger partial charge in [-0.15, -0.1) is 0 Å². The number of carbonyl (C=O) groups is 1. The molecule has 0 bridgehead atoms. The smallest absolute Gasteiger partial charge is 0.243 e. The number of nitrogens with one attached hydrogen (secondary N) is 1. The molecule has 3 aromatic rings. The van der Waals surface area contributed by atoms with E-state index in [1.54, 1.807) is 25.3 Å². The molecule has 7 heteroatoms. The van der Waals surface area contributed by atoms with E-state index in [1.807, 2.05) is 30.3 Å². The van der Waals surface area contributed by atoms with Crippen LogP contribution in [0.4, 0.5) is 0 Å². The Morgan fingerprint density at radius 2 is 1.72 bits per heavy atom. The molecular weight excluding hydrogens is 472 g/mol. The fraction of sp³-hybridized carbons (Fsp3) is 0.345. The topological polar surface area (TPSA) is 75.7 Å². The Bertz CT molecular complexity index is 1320. The maximum atomic E-state index is 13.2. The van der Waals surface area contributed by atoms with Crippen LogP contribution < -0.4 is 10.1 Å². The average molecular weight is 507 g/mol. The van der Waals surface area contributed by atoms with Crippen molar-refractivity contribution in [2.75, 3.05) is 20.2 Å². The molecule has 6 nitrogen and oxygen atoms in total. The van der Waals surface area contributed by atoms with E-state index in [9.17, 15) is 13.2 Å². The van der Waals surface area contributed by atoms with Gasteiger partial charge in [-0.3, -0.25) is 4.79 Å².